The van der Waals surface area contributed by atoms with Crippen molar-refractivity contribution in [3.63, 3.8) is 0 Å². The molecule has 0 fully saturated rings. The molecule has 0 spiro atoms. The van der Waals surface area contributed by atoms with E-state index in [0.29, 0.717) is 28.2 Å². The Hall–Kier alpha value is -2.05. The molecule has 0 unspecified atom stereocenters. The number of nitrogens with one attached hydrogen (secondary N) is 2. The smallest absolute Gasteiger partial charge is 0.145 e. The third-order valence-electron chi connectivity index (χ3n) is 2.83. The molecule has 0 aliphatic carbocycles. The Bertz CT molecular complexity index is 633. The van der Waals surface area contributed by atoms with Crippen molar-refractivity contribution in [2.75, 3.05) is 17.9 Å². The van der Waals surface area contributed by atoms with Gasteiger partial charge in [0, 0.05) is 17.7 Å². The summed E-state index contributed by atoms with van der Waals surface area (Å²) in [5.41, 5.74) is 3.34. The van der Waals surface area contributed by atoms with Gasteiger partial charge in [-0.1, -0.05) is 25.4 Å². The van der Waals surface area contributed by atoms with Crippen LogP contribution < -0.4 is 21.3 Å². The van der Waals surface area contributed by atoms with Crippen molar-refractivity contribution in [2.45, 2.75) is 19.8 Å². The van der Waals surface area contributed by atoms with Crippen LogP contribution in [-0.4, -0.2) is 17.1 Å². The number of anilines is 3. The van der Waals surface area contributed by atoms with E-state index in [0.717, 1.165) is 5.69 Å². The van der Waals surface area contributed by atoms with Gasteiger partial charge in [0.15, 0.2) is 0 Å². The summed E-state index contributed by atoms with van der Waals surface area (Å²) in [4.78, 5) is 8.76. The molecule has 0 saturated heterocycles. The highest BCUT2D eigenvalue weighted by molar-refractivity contribution is 6.32. The van der Waals surface area contributed by atoms with Gasteiger partial charge < -0.3 is 15.5 Å². The van der Waals surface area contributed by atoms with Gasteiger partial charge in [-0.05, 0) is 18.2 Å². The van der Waals surface area contributed by atoms with Crippen LogP contribution in [0.2, 0.25) is 5.02 Å². The van der Waals surface area contributed by atoms with E-state index < -0.39 is 0 Å². The van der Waals surface area contributed by atoms with Crippen LogP contribution in [0.25, 0.3) is 0 Å². The normalized spacial score (nSPS) is 10.6. The Morgan fingerprint density at radius 3 is 2.48 bits per heavy atom. The summed E-state index contributed by atoms with van der Waals surface area (Å²) in [7, 11) is 1.58. The number of nitrogens with two attached hydrogens (primary N) is 1. The second-order valence-corrected chi connectivity index (χ2v) is 5.18. The molecule has 0 atom stereocenters. The van der Waals surface area contributed by atoms with Crippen LogP contribution >= 0.6 is 11.6 Å². The molecule has 0 saturated carbocycles. The highest BCUT2D eigenvalue weighted by Crippen LogP contribution is 2.29. The maximum atomic E-state index is 6.11. The highest BCUT2D eigenvalue weighted by Gasteiger charge is 2.09. The number of ether oxygens (including phenoxy) is 1. The predicted octanol–water partition coefficient (Wildman–Crippen LogP) is 3.29. The zero-order valence-electron chi connectivity index (χ0n) is 12.1. The molecule has 0 amide bonds. The Labute approximate surface area is 128 Å². The molecular formula is C14H18ClN5O. The van der Waals surface area contributed by atoms with E-state index in [4.69, 9.17) is 22.2 Å². The van der Waals surface area contributed by atoms with Gasteiger partial charge in [0.2, 0.25) is 0 Å². The van der Waals surface area contributed by atoms with Gasteiger partial charge in [-0.3, -0.25) is 0 Å². The molecular weight excluding hydrogens is 290 g/mol. The Morgan fingerprint density at radius 1 is 1.19 bits per heavy atom. The van der Waals surface area contributed by atoms with Gasteiger partial charge >= 0.3 is 0 Å². The average molecular weight is 308 g/mol. The zero-order chi connectivity index (χ0) is 15.4. The van der Waals surface area contributed by atoms with E-state index in [1.807, 2.05) is 19.9 Å². The van der Waals surface area contributed by atoms with Crippen LogP contribution in [0.3, 0.4) is 0 Å². The minimum atomic E-state index is 0.193. The second kappa shape index (κ2) is 6.60. The fourth-order valence-corrected chi connectivity index (χ4v) is 2.01. The summed E-state index contributed by atoms with van der Waals surface area (Å²) >= 11 is 6.11. The first-order valence-corrected chi connectivity index (χ1v) is 6.87. The topological polar surface area (TPSA) is 85.1 Å². The minimum absolute atomic E-state index is 0.193. The maximum absolute atomic E-state index is 6.11. The Balaban J connectivity index is 2.30. The summed E-state index contributed by atoms with van der Waals surface area (Å²) in [5, 5.41) is 3.71. The minimum Gasteiger partial charge on any atom is -0.495 e. The van der Waals surface area contributed by atoms with E-state index in [1.54, 1.807) is 25.3 Å². The van der Waals surface area contributed by atoms with Crippen LogP contribution in [-0.2, 0) is 0 Å². The third kappa shape index (κ3) is 3.74. The van der Waals surface area contributed by atoms with Gasteiger partial charge in [0.25, 0.3) is 0 Å². The lowest BCUT2D eigenvalue weighted by atomic mass is 10.2. The molecule has 0 bridgehead atoms. The summed E-state index contributed by atoms with van der Waals surface area (Å²) in [6.45, 7) is 4.04. The Morgan fingerprint density at radius 2 is 1.90 bits per heavy atom. The molecule has 2 rings (SSSR count). The zero-order valence-corrected chi connectivity index (χ0v) is 12.9. The fourth-order valence-electron chi connectivity index (χ4n) is 1.75. The fraction of sp³-hybridized carbons (Fsp3) is 0.286. The number of methoxy groups -OCH3 is 1. The second-order valence-electron chi connectivity index (χ2n) is 4.77. The average Bonchev–Trinajstić information content (AvgIpc) is 2.47. The van der Waals surface area contributed by atoms with Crippen LogP contribution in [0.15, 0.2) is 24.3 Å². The number of nitrogen functional groups attached to an aromatic ring is 1. The van der Waals surface area contributed by atoms with Crippen LogP contribution in [0, 0.1) is 0 Å². The van der Waals surface area contributed by atoms with Crippen LogP contribution in [0.1, 0.15) is 25.6 Å². The monoisotopic (exact) mass is 307 g/mol. The van der Waals surface area contributed by atoms with Gasteiger partial charge in [-0.2, -0.15) is 0 Å². The molecule has 0 aliphatic rings. The van der Waals surface area contributed by atoms with Crippen molar-refractivity contribution in [3.05, 3.63) is 35.1 Å². The number of aromatic nitrogens is 2. The molecule has 1 aromatic carbocycles. The van der Waals surface area contributed by atoms with E-state index >= 15 is 0 Å². The van der Waals surface area contributed by atoms with Crippen molar-refractivity contribution in [2.24, 2.45) is 5.84 Å². The lowest BCUT2D eigenvalue weighted by molar-refractivity contribution is 0.415. The van der Waals surface area contributed by atoms with Gasteiger partial charge in [0.1, 0.15) is 23.2 Å². The van der Waals surface area contributed by atoms with Crippen molar-refractivity contribution in [1.29, 1.82) is 0 Å². The number of rotatable bonds is 5. The first-order chi connectivity index (χ1) is 10.0. The molecule has 112 valence electrons. The molecule has 0 aliphatic heterocycles. The molecule has 0 radical (unpaired) electrons. The van der Waals surface area contributed by atoms with E-state index in [9.17, 15) is 0 Å². The Kier molecular flexibility index (Phi) is 4.82. The molecule has 7 heteroatoms. The molecule has 6 nitrogen and oxygen atoms in total. The van der Waals surface area contributed by atoms with Crippen molar-refractivity contribution in [3.8, 4) is 5.75 Å². The van der Waals surface area contributed by atoms with Gasteiger partial charge in [-0.15, -0.1) is 0 Å². The number of nitrogens with zero attached hydrogens (tertiary/aromatic N) is 2. The molecule has 4 N–H and O–H groups in total. The van der Waals surface area contributed by atoms with Crippen LogP contribution in [0.4, 0.5) is 17.3 Å². The van der Waals surface area contributed by atoms with E-state index in [-0.39, 0.29) is 5.92 Å². The maximum Gasteiger partial charge on any atom is 0.145 e. The summed E-state index contributed by atoms with van der Waals surface area (Å²) < 4.78 is 5.13. The predicted molar refractivity (Wildman–Crippen MR) is 85.2 cm³/mol. The number of hydrazine groups is 1. The van der Waals surface area contributed by atoms with Crippen molar-refractivity contribution in [1.82, 2.24) is 9.97 Å². The lowest BCUT2D eigenvalue weighted by Crippen LogP contribution is -2.12. The molecule has 1 heterocycles. The molecule has 1 aromatic heterocycles. The largest absolute Gasteiger partial charge is 0.495 e. The first-order valence-electron chi connectivity index (χ1n) is 6.49. The molecule has 21 heavy (non-hydrogen) atoms. The quantitative estimate of drug-likeness (QED) is 0.580. The van der Waals surface area contributed by atoms with Crippen molar-refractivity contribution < 1.29 is 4.74 Å². The first kappa shape index (κ1) is 15.3. The number of benzene rings is 1. The standard InChI is InChI=1S/C14H18ClN5O/c1-8(2)14-18-12(7-13(19-14)20-16)17-9-4-5-11(21-3)10(15)6-9/h4-8H,16H2,1-3H3,(H2,17,18,19,20). The van der Waals surface area contributed by atoms with E-state index in [1.165, 1.54) is 0 Å². The highest BCUT2D eigenvalue weighted by atomic mass is 35.5. The van der Waals surface area contributed by atoms with Gasteiger partial charge in [-0.25, -0.2) is 15.8 Å². The molecule has 2 aromatic rings. The summed E-state index contributed by atoms with van der Waals surface area (Å²) in [6, 6.07) is 7.14. The van der Waals surface area contributed by atoms with E-state index in [2.05, 4.69) is 20.7 Å². The number of halogens is 1. The number of hydrogen-bond donors (Lipinski definition) is 3. The summed E-state index contributed by atoms with van der Waals surface area (Å²) in [6.07, 6.45) is 0. The number of hydrogen-bond acceptors (Lipinski definition) is 6. The van der Waals surface area contributed by atoms with Gasteiger partial charge in [0.05, 0.1) is 12.1 Å². The SMILES string of the molecule is COc1ccc(Nc2cc(NN)nc(C(C)C)n2)cc1Cl. The van der Waals surface area contributed by atoms with Crippen LogP contribution in [0.5, 0.6) is 5.75 Å². The third-order valence-corrected chi connectivity index (χ3v) is 3.13. The summed E-state index contributed by atoms with van der Waals surface area (Å²) in [5.74, 6) is 8.15. The van der Waals surface area contributed by atoms with Crippen molar-refractivity contribution >= 4 is 28.9 Å². The lowest BCUT2D eigenvalue weighted by Gasteiger charge is -2.12.